The fraction of sp³-hybridized carbons (Fsp3) is 0.316. The van der Waals surface area contributed by atoms with Crippen molar-refractivity contribution in [3.8, 4) is 5.75 Å². The summed E-state index contributed by atoms with van der Waals surface area (Å²) in [5.41, 5.74) is 0.916. The van der Waals surface area contributed by atoms with Crippen LogP contribution in [0.1, 0.15) is 12.0 Å². The Morgan fingerprint density at radius 1 is 1.22 bits per heavy atom. The number of ether oxygens (including phenoxy) is 1. The second kappa shape index (κ2) is 8.63. The van der Waals surface area contributed by atoms with Crippen molar-refractivity contribution in [2.75, 3.05) is 18.1 Å². The highest BCUT2D eigenvalue weighted by molar-refractivity contribution is 9.10. The van der Waals surface area contributed by atoms with Crippen molar-refractivity contribution in [3.05, 3.63) is 63.6 Å². The van der Waals surface area contributed by atoms with E-state index in [0.29, 0.717) is 23.7 Å². The van der Waals surface area contributed by atoms with Gasteiger partial charge in [-0.3, -0.25) is 4.79 Å². The van der Waals surface area contributed by atoms with E-state index in [9.17, 15) is 13.2 Å². The van der Waals surface area contributed by atoms with Gasteiger partial charge in [-0.2, -0.15) is 0 Å². The summed E-state index contributed by atoms with van der Waals surface area (Å²) in [5.74, 6) is 0.246. The predicted molar refractivity (Wildman–Crippen MR) is 109 cm³/mol. The summed E-state index contributed by atoms with van der Waals surface area (Å²) in [5, 5.41) is 0.423. The molecule has 0 unspecified atom stereocenters. The highest BCUT2D eigenvalue weighted by atomic mass is 79.9. The maximum atomic E-state index is 12.9. The zero-order valence-corrected chi connectivity index (χ0v) is 17.6. The summed E-state index contributed by atoms with van der Waals surface area (Å²) >= 11 is 9.49. The molecule has 0 N–H and O–H groups in total. The minimum absolute atomic E-state index is 0.0150. The van der Waals surface area contributed by atoms with Gasteiger partial charge in [-0.05, 0) is 36.2 Å². The largest absolute Gasteiger partial charge is 0.482 e. The Hall–Kier alpha value is -1.57. The normalized spacial score (nSPS) is 18.2. The first-order valence-electron chi connectivity index (χ1n) is 8.46. The van der Waals surface area contributed by atoms with Gasteiger partial charge < -0.3 is 9.64 Å². The summed E-state index contributed by atoms with van der Waals surface area (Å²) in [6, 6.07) is 14.2. The molecule has 3 rings (SSSR count). The fourth-order valence-corrected chi connectivity index (χ4v) is 5.43. The molecule has 0 bridgehead atoms. The van der Waals surface area contributed by atoms with E-state index < -0.39 is 9.84 Å². The quantitative estimate of drug-likeness (QED) is 0.643. The van der Waals surface area contributed by atoms with E-state index in [1.807, 2.05) is 24.3 Å². The van der Waals surface area contributed by atoms with E-state index in [1.54, 1.807) is 29.2 Å². The summed E-state index contributed by atoms with van der Waals surface area (Å²) < 4.78 is 30.3. The monoisotopic (exact) mass is 471 g/mol. The van der Waals surface area contributed by atoms with E-state index in [1.165, 1.54) is 0 Å². The van der Waals surface area contributed by atoms with Crippen molar-refractivity contribution in [1.29, 1.82) is 0 Å². The third kappa shape index (κ3) is 5.46. The standard InChI is InChI=1S/C19H19BrClNO4S/c20-15-5-3-4-14(10-15)11-22(16-8-9-27(24,25)13-16)19(23)12-26-18-7-2-1-6-17(18)21/h1-7,10,16H,8-9,11-13H2/t16-/m1/s1. The molecular weight excluding hydrogens is 454 g/mol. The van der Waals surface area contributed by atoms with Crippen molar-refractivity contribution >= 4 is 43.3 Å². The first-order chi connectivity index (χ1) is 12.8. The zero-order valence-electron chi connectivity index (χ0n) is 14.5. The number of sulfone groups is 1. The zero-order chi connectivity index (χ0) is 19.4. The smallest absolute Gasteiger partial charge is 0.261 e. The maximum absolute atomic E-state index is 12.9. The lowest BCUT2D eigenvalue weighted by Crippen LogP contribution is -2.43. The summed E-state index contributed by atoms with van der Waals surface area (Å²) in [4.78, 5) is 14.5. The van der Waals surface area contributed by atoms with Crippen LogP contribution in [0.4, 0.5) is 0 Å². The lowest BCUT2D eigenvalue weighted by molar-refractivity contribution is -0.136. The van der Waals surface area contributed by atoms with E-state index in [4.69, 9.17) is 16.3 Å². The van der Waals surface area contributed by atoms with Crippen LogP contribution < -0.4 is 4.74 Å². The van der Waals surface area contributed by atoms with Gasteiger partial charge in [0.25, 0.3) is 5.91 Å². The Balaban J connectivity index is 1.76. The molecule has 5 nitrogen and oxygen atoms in total. The number of hydrogen-bond donors (Lipinski definition) is 0. The number of carbonyl (C=O) groups is 1. The van der Waals surface area contributed by atoms with Crippen LogP contribution in [0.15, 0.2) is 53.0 Å². The average Bonchev–Trinajstić information content (AvgIpc) is 2.98. The molecular formula is C19H19BrClNO4S. The highest BCUT2D eigenvalue weighted by Crippen LogP contribution is 2.25. The third-order valence-corrected chi connectivity index (χ3v) is 6.96. The van der Waals surface area contributed by atoms with Gasteiger partial charge in [0.05, 0.1) is 16.5 Å². The molecule has 1 aliphatic rings. The molecule has 0 saturated carbocycles. The second-order valence-electron chi connectivity index (χ2n) is 6.43. The van der Waals surface area contributed by atoms with Crippen LogP contribution in [-0.2, 0) is 21.2 Å². The van der Waals surface area contributed by atoms with Gasteiger partial charge >= 0.3 is 0 Å². The summed E-state index contributed by atoms with van der Waals surface area (Å²) in [6.07, 6.45) is 0.439. The van der Waals surface area contributed by atoms with E-state index in [2.05, 4.69) is 15.9 Å². The van der Waals surface area contributed by atoms with Crippen molar-refractivity contribution < 1.29 is 17.9 Å². The van der Waals surface area contributed by atoms with Gasteiger partial charge in [-0.25, -0.2) is 8.42 Å². The Morgan fingerprint density at radius 3 is 2.67 bits per heavy atom. The van der Waals surface area contributed by atoms with E-state index >= 15 is 0 Å². The van der Waals surface area contributed by atoms with Crippen LogP contribution in [0.5, 0.6) is 5.75 Å². The van der Waals surface area contributed by atoms with Gasteiger partial charge in [0.15, 0.2) is 16.4 Å². The van der Waals surface area contributed by atoms with Crippen LogP contribution in [0.3, 0.4) is 0 Å². The van der Waals surface area contributed by atoms with Crippen LogP contribution in [-0.4, -0.2) is 43.4 Å². The molecule has 1 amide bonds. The molecule has 0 aliphatic carbocycles. The van der Waals surface area contributed by atoms with Crippen LogP contribution in [0, 0.1) is 0 Å². The molecule has 1 atom stereocenters. The van der Waals surface area contributed by atoms with Crippen molar-refractivity contribution in [2.24, 2.45) is 0 Å². The SMILES string of the molecule is O=C(COc1ccccc1Cl)N(Cc1cccc(Br)c1)[C@@H]1CCS(=O)(=O)C1. The number of benzene rings is 2. The molecule has 1 heterocycles. The van der Waals surface area contributed by atoms with Gasteiger partial charge in [0, 0.05) is 17.1 Å². The number of nitrogens with zero attached hydrogens (tertiary/aromatic N) is 1. The predicted octanol–water partition coefficient (Wildman–Crippen LogP) is 3.70. The van der Waals surface area contributed by atoms with Crippen molar-refractivity contribution in [2.45, 2.75) is 19.0 Å². The van der Waals surface area contributed by atoms with Crippen molar-refractivity contribution in [1.82, 2.24) is 4.90 Å². The molecule has 2 aromatic carbocycles. The molecule has 2 aromatic rings. The maximum Gasteiger partial charge on any atom is 0.261 e. The topological polar surface area (TPSA) is 63.7 Å². The molecule has 1 saturated heterocycles. The molecule has 0 spiro atoms. The van der Waals surface area contributed by atoms with Crippen molar-refractivity contribution in [3.63, 3.8) is 0 Å². The molecule has 1 fully saturated rings. The van der Waals surface area contributed by atoms with E-state index in [0.717, 1.165) is 10.0 Å². The van der Waals surface area contributed by atoms with Gasteiger partial charge in [0.2, 0.25) is 0 Å². The number of rotatable bonds is 6. The first-order valence-corrected chi connectivity index (χ1v) is 11.4. The Kier molecular flexibility index (Phi) is 6.44. The highest BCUT2D eigenvalue weighted by Gasteiger charge is 2.34. The van der Waals surface area contributed by atoms with Crippen LogP contribution in [0.25, 0.3) is 0 Å². The third-order valence-electron chi connectivity index (χ3n) is 4.40. The van der Waals surface area contributed by atoms with E-state index in [-0.39, 0.29) is 30.1 Å². The van der Waals surface area contributed by atoms with Gasteiger partial charge in [0.1, 0.15) is 5.75 Å². The lowest BCUT2D eigenvalue weighted by atomic mass is 10.1. The molecule has 144 valence electrons. The second-order valence-corrected chi connectivity index (χ2v) is 9.98. The Morgan fingerprint density at radius 2 is 2.00 bits per heavy atom. The minimum atomic E-state index is -3.11. The number of halogens is 2. The number of para-hydroxylation sites is 1. The minimum Gasteiger partial charge on any atom is -0.482 e. The first kappa shape index (κ1) is 20.2. The molecule has 0 aromatic heterocycles. The van der Waals surface area contributed by atoms with Crippen LogP contribution in [0.2, 0.25) is 5.02 Å². The molecule has 0 radical (unpaired) electrons. The van der Waals surface area contributed by atoms with Gasteiger partial charge in [-0.15, -0.1) is 0 Å². The van der Waals surface area contributed by atoms with Gasteiger partial charge in [-0.1, -0.05) is 51.8 Å². The lowest BCUT2D eigenvalue weighted by Gasteiger charge is -2.28. The average molecular weight is 473 g/mol. The van der Waals surface area contributed by atoms with Crippen LogP contribution >= 0.6 is 27.5 Å². The fourth-order valence-electron chi connectivity index (χ4n) is 3.06. The Labute approximate surface area is 172 Å². The number of carbonyl (C=O) groups excluding carboxylic acids is 1. The molecule has 27 heavy (non-hydrogen) atoms. The number of hydrogen-bond acceptors (Lipinski definition) is 4. The molecule has 1 aliphatic heterocycles. The Bertz CT molecular complexity index is 935. The molecule has 8 heteroatoms. The summed E-state index contributed by atoms with van der Waals surface area (Å²) in [6.45, 7) is 0.124. The summed E-state index contributed by atoms with van der Waals surface area (Å²) in [7, 11) is -3.11. The number of amides is 1.